The molecule has 2 heterocycles. The predicted octanol–water partition coefficient (Wildman–Crippen LogP) is 9.28. The molecule has 0 atom stereocenters. The second kappa shape index (κ2) is 9.74. The van der Waals surface area contributed by atoms with Gasteiger partial charge in [-0.1, -0.05) is 100 Å². The Labute approximate surface area is 241 Å². The van der Waals surface area contributed by atoms with Gasteiger partial charge in [0.15, 0.2) is 0 Å². The molecule has 0 saturated carbocycles. The summed E-state index contributed by atoms with van der Waals surface area (Å²) in [4.78, 5) is 10.5. The number of rotatable bonds is 5. The highest BCUT2D eigenvalue weighted by molar-refractivity contribution is 5.96. The van der Waals surface area contributed by atoms with Gasteiger partial charge >= 0.3 is 0 Å². The van der Waals surface area contributed by atoms with Gasteiger partial charge in [-0.3, -0.25) is 4.57 Å². The maximum atomic E-state index is 11.0. The van der Waals surface area contributed by atoms with Crippen LogP contribution in [0, 0.1) is 0 Å². The van der Waals surface area contributed by atoms with Crippen LogP contribution < -0.4 is 0 Å². The van der Waals surface area contributed by atoms with E-state index in [4.69, 9.17) is 9.97 Å². The van der Waals surface area contributed by atoms with Crippen molar-refractivity contribution < 1.29 is 5.11 Å². The minimum absolute atomic E-state index is 0.214. The first-order valence-electron chi connectivity index (χ1n) is 14.4. The lowest BCUT2D eigenvalue weighted by Crippen LogP contribution is -2.08. The van der Waals surface area contributed by atoms with Crippen molar-refractivity contribution in [3.63, 3.8) is 0 Å². The number of hydrogen-bond donors (Lipinski definition) is 1. The summed E-state index contributed by atoms with van der Waals surface area (Å²) in [5, 5.41) is 11.0. The number of nitrogens with zero attached hydrogens (tertiary/aromatic N) is 3. The standard InChI is InChI=1S/C37H33N3O/c1-22(2)26-14-9-15-27(23(3)4)36(26)40-32-17-10-16-29(35(32)39-37(40)30-13-7-8-18-33(30)41)31-20-19-25-21-24-11-5-6-12-28(24)34(25)38-31/h5-20,22-23,41H,21H2,1-4H3. The molecule has 202 valence electrons. The molecule has 0 saturated heterocycles. The zero-order chi connectivity index (χ0) is 28.2. The second-order valence-corrected chi connectivity index (χ2v) is 11.6. The van der Waals surface area contributed by atoms with E-state index in [0.29, 0.717) is 17.4 Å². The van der Waals surface area contributed by atoms with Gasteiger partial charge < -0.3 is 5.11 Å². The Balaban J connectivity index is 1.55. The SMILES string of the molecule is CC(C)c1cccc(C(C)C)c1-n1c(-c2ccccc2O)nc2c(-c3ccc4c(n3)-c3ccccc3C4)cccc21. The van der Waals surface area contributed by atoms with Crippen LogP contribution in [0.25, 0.3) is 50.6 Å². The fourth-order valence-corrected chi connectivity index (χ4v) is 6.27. The van der Waals surface area contributed by atoms with Crippen molar-refractivity contribution in [3.8, 4) is 45.3 Å². The van der Waals surface area contributed by atoms with Gasteiger partial charge in [0.2, 0.25) is 0 Å². The van der Waals surface area contributed by atoms with Crippen LogP contribution in [-0.2, 0) is 6.42 Å². The Kier molecular flexibility index (Phi) is 6.01. The molecule has 0 fully saturated rings. The van der Waals surface area contributed by atoms with E-state index in [1.807, 2.05) is 18.2 Å². The molecule has 41 heavy (non-hydrogen) atoms. The third-order valence-corrected chi connectivity index (χ3v) is 8.30. The van der Waals surface area contributed by atoms with Crippen LogP contribution in [0.5, 0.6) is 5.75 Å². The number of benzene rings is 4. The van der Waals surface area contributed by atoms with Crippen LogP contribution in [0.15, 0.2) is 97.1 Å². The zero-order valence-corrected chi connectivity index (χ0v) is 23.9. The number of fused-ring (bicyclic) bond motifs is 4. The van der Waals surface area contributed by atoms with Crippen LogP contribution >= 0.6 is 0 Å². The van der Waals surface area contributed by atoms with Gasteiger partial charge in [-0.25, -0.2) is 9.97 Å². The second-order valence-electron chi connectivity index (χ2n) is 11.6. The average molecular weight is 536 g/mol. The number of imidazole rings is 1. The molecule has 4 aromatic carbocycles. The molecule has 0 aliphatic heterocycles. The number of pyridine rings is 1. The third kappa shape index (κ3) is 4.05. The summed E-state index contributed by atoms with van der Waals surface area (Å²) >= 11 is 0. The highest BCUT2D eigenvalue weighted by atomic mass is 16.3. The van der Waals surface area contributed by atoms with E-state index >= 15 is 0 Å². The smallest absolute Gasteiger partial charge is 0.149 e. The number of aromatic hydroxyl groups is 1. The van der Waals surface area contributed by atoms with Crippen molar-refractivity contribution in [1.29, 1.82) is 0 Å². The summed E-state index contributed by atoms with van der Waals surface area (Å²) in [7, 11) is 0. The Morgan fingerprint density at radius 1 is 0.634 bits per heavy atom. The molecule has 6 aromatic rings. The molecular weight excluding hydrogens is 502 g/mol. The zero-order valence-electron chi connectivity index (χ0n) is 23.9. The van der Waals surface area contributed by atoms with Crippen molar-refractivity contribution in [1.82, 2.24) is 14.5 Å². The molecule has 1 aliphatic rings. The van der Waals surface area contributed by atoms with Crippen molar-refractivity contribution in [2.75, 3.05) is 0 Å². The topological polar surface area (TPSA) is 50.9 Å². The number of phenols is 1. The fraction of sp³-hybridized carbons (Fsp3) is 0.189. The van der Waals surface area contributed by atoms with E-state index in [-0.39, 0.29) is 5.75 Å². The third-order valence-electron chi connectivity index (χ3n) is 8.30. The Hall–Kier alpha value is -4.70. The number of hydrogen-bond acceptors (Lipinski definition) is 3. The molecule has 2 aromatic heterocycles. The predicted molar refractivity (Wildman–Crippen MR) is 168 cm³/mol. The van der Waals surface area contributed by atoms with E-state index in [0.717, 1.165) is 45.9 Å². The first kappa shape index (κ1) is 25.3. The minimum atomic E-state index is 0.214. The molecular formula is C37H33N3O. The summed E-state index contributed by atoms with van der Waals surface area (Å²) in [5.74, 6) is 1.55. The van der Waals surface area contributed by atoms with Gasteiger partial charge in [-0.05, 0) is 58.4 Å². The molecule has 0 amide bonds. The molecule has 1 aliphatic carbocycles. The van der Waals surface area contributed by atoms with E-state index < -0.39 is 0 Å². The minimum Gasteiger partial charge on any atom is -0.507 e. The van der Waals surface area contributed by atoms with Crippen LogP contribution in [0.3, 0.4) is 0 Å². The van der Waals surface area contributed by atoms with Gasteiger partial charge in [0.25, 0.3) is 0 Å². The quantitative estimate of drug-likeness (QED) is 0.239. The molecule has 0 radical (unpaired) electrons. The number of phenolic OH excluding ortho intramolecular Hbond substituents is 1. The van der Waals surface area contributed by atoms with Crippen molar-refractivity contribution >= 4 is 11.0 Å². The maximum absolute atomic E-state index is 11.0. The fourth-order valence-electron chi connectivity index (χ4n) is 6.27. The number of para-hydroxylation sites is 3. The van der Waals surface area contributed by atoms with Gasteiger partial charge in [0, 0.05) is 17.5 Å². The molecule has 4 nitrogen and oxygen atoms in total. The molecule has 4 heteroatoms. The molecule has 7 rings (SSSR count). The van der Waals surface area contributed by atoms with Gasteiger partial charge in [0.05, 0.1) is 33.7 Å². The van der Waals surface area contributed by atoms with E-state index in [1.54, 1.807) is 6.07 Å². The molecule has 0 unspecified atom stereocenters. The summed E-state index contributed by atoms with van der Waals surface area (Å²) in [5.41, 5.74) is 13.0. The summed E-state index contributed by atoms with van der Waals surface area (Å²) in [6, 6.07) is 33.3. The van der Waals surface area contributed by atoms with Crippen LogP contribution in [0.1, 0.15) is 61.8 Å². The molecule has 0 bridgehead atoms. The van der Waals surface area contributed by atoms with Crippen molar-refractivity contribution in [2.45, 2.75) is 46.0 Å². The summed E-state index contributed by atoms with van der Waals surface area (Å²) < 4.78 is 2.27. The Morgan fingerprint density at radius 3 is 2.02 bits per heavy atom. The highest BCUT2D eigenvalue weighted by Gasteiger charge is 2.25. The first-order valence-corrected chi connectivity index (χ1v) is 14.4. The van der Waals surface area contributed by atoms with Crippen LogP contribution in [0.2, 0.25) is 0 Å². The van der Waals surface area contributed by atoms with Crippen molar-refractivity contribution in [2.24, 2.45) is 0 Å². The van der Waals surface area contributed by atoms with Crippen LogP contribution in [0.4, 0.5) is 0 Å². The Bertz CT molecular complexity index is 1920. The normalized spacial score (nSPS) is 12.3. The lowest BCUT2D eigenvalue weighted by atomic mass is 9.92. The lowest BCUT2D eigenvalue weighted by Gasteiger charge is -2.22. The monoisotopic (exact) mass is 535 g/mol. The van der Waals surface area contributed by atoms with Crippen LogP contribution in [-0.4, -0.2) is 19.6 Å². The molecule has 0 spiro atoms. The van der Waals surface area contributed by atoms with E-state index in [2.05, 4.69) is 105 Å². The summed E-state index contributed by atoms with van der Waals surface area (Å²) in [6.45, 7) is 8.94. The van der Waals surface area contributed by atoms with E-state index in [1.165, 1.54) is 27.8 Å². The average Bonchev–Trinajstić information content (AvgIpc) is 3.55. The largest absolute Gasteiger partial charge is 0.507 e. The van der Waals surface area contributed by atoms with Gasteiger partial charge in [0.1, 0.15) is 11.6 Å². The maximum Gasteiger partial charge on any atom is 0.149 e. The van der Waals surface area contributed by atoms with Gasteiger partial charge in [-0.2, -0.15) is 0 Å². The van der Waals surface area contributed by atoms with Gasteiger partial charge in [-0.15, -0.1) is 0 Å². The lowest BCUT2D eigenvalue weighted by molar-refractivity contribution is 0.477. The first-order chi connectivity index (χ1) is 19.9. The highest BCUT2D eigenvalue weighted by Crippen LogP contribution is 2.42. The molecule has 1 N–H and O–H groups in total. The number of aromatic nitrogens is 3. The van der Waals surface area contributed by atoms with Crippen molar-refractivity contribution in [3.05, 3.63) is 119 Å². The van der Waals surface area contributed by atoms with E-state index in [9.17, 15) is 5.11 Å². The summed E-state index contributed by atoms with van der Waals surface area (Å²) in [6.07, 6.45) is 0.916. The Morgan fingerprint density at radius 2 is 1.29 bits per heavy atom.